The van der Waals surface area contributed by atoms with Crippen molar-refractivity contribution in [1.82, 2.24) is 14.8 Å². The molecule has 0 fully saturated rings. The highest BCUT2D eigenvalue weighted by Gasteiger charge is 2.16. The Bertz CT molecular complexity index is 647. The summed E-state index contributed by atoms with van der Waals surface area (Å²) < 4.78 is 13.1. The molecule has 0 unspecified atom stereocenters. The van der Waals surface area contributed by atoms with Gasteiger partial charge in [0.2, 0.25) is 0 Å². The van der Waals surface area contributed by atoms with E-state index in [1.165, 1.54) is 22.8 Å². The lowest BCUT2D eigenvalue weighted by atomic mass is 10.2. The molecule has 0 amide bonds. The zero-order valence-electron chi connectivity index (χ0n) is 10.3. The Labute approximate surface area is 116 Å². The van der Waals surface area contributed by atoms with Gasteiger partial charge in [0, 0.05) is 17.6 Å². The molecule has 0 aliphatic heterocycles. The molecule has 0 bridgehead atoms. The van der Waals surface area contributed by atoms with E-state index in [2.05, 4.69) is 15.1 Å². The van der Waals surface area contributed by atoms with Crippen LogP contribution >= 0.6 is 11.8 Å². The number of phenolic OH excluding ortho intramolecular Hbond substituents is 2. The minimum Gasteiger partial charge on any atom is -0.508 e. The van der Waals surface area contributed by atoms with E-state index >= 15 is 0 Å². The summed E-state index contributed by atoms with van der Waals surface area (Å²) in [6.07, 6.45) is 0. The van der Waals surface area contributed by atoms with E-state index in [0.717, 1.165) is 11.8 Å². The van der Waals surface area contributed by atoms with Crippen LogP contribution in [0.5, 0.6) is 11.5 Å². The maximum atomic E-state index is 11.6. The molecule has 0 saturated carbocycles. The molecule has 0 aliphatic carbocycles. The summed E-state index contributed by atoms with van der Waals surface area (Å²) in [5.74, 6) is -1.15. The van der Waals surface area contributed by atoms with Crippen molar-refractivity contribution in [3.05, 3.63) is 18.2 Å². The van der Waals surface area contributed by atoms with Crippen molar-refractivity contribution in [3.63, 3.8) is 0 Å². The lowest BCUT2D eigenvalue weighted by Crippen LogP contribution is -2.02. The molecule has 0 saturated heterocycles. The predicted molar refractivity (Wildman–Crippen MR) is 67.7 cm³/mol. The number of carbonyl (C=O) groups excluding carboxylic acids is 1. The quantitative estimate of drug-likeness (QED) is 0.824. The van der Waals surface area contributed by atoms with Gasteiger partial charge in [0.1, 0.15) is 17.3 Å². The van der Waals surface area contributed by atoms with Crippen molar-refractivity contribution in [3.8, 4) is 22.9 Å². The molecular formula is C11H10FN3O4S. The fourth-order valence-corrected chi connectivity index (χ4v) is 2.20. The van der Waals surface area contributed by atoms with E-state index in [1.54, 1.807) is 7.05 Å². The SMILES string of the molecule is Cn1c(SCC(=O)OF)nnc1-c1ccc(O)cc1O. The van der Waals surface area contributed by atoms with Crippen LogP contribution in [0.15, 0.2) is 23.4 Å². The standard InChI is InChI=1S/C11H10FN3O4S/c1-15-10(7-3-2-6(16)4-8(7)17)13-14-11(15)20-5-9(18)19-12/h2-4,16-17H,5H2,1H3. The van der Waals surface area contributed by atoms with Gasteiger partial charge in [0.05, 0.1) is 5.56 Å². The average Bonchev–Trinajstić information content (AvgIpc) is 2.77. The van der Waals surface area contributed by atoms with Crippen molar-refractivity contribution in [2.24, 2.45) is 7.05 Å². The number of phenols is 2. The van der Waals surface area contributed by atoms with Crippen LogP contribution in [0.3, 0.4) is 0 Å². The van der Waals surface area contributed by atoms with Crippen LogP contribution < -0.4 is 0 Å². The number of rotatable bonds is 4. The molecule has 2 N–H and O–H groups in total. The molecule has 0 atom stereocenters. The van der Waals surface area contributed by atoms with Crippen LogP contribution in [0.4, 0.5) is 4.53 Å². The molecule has 0 aliphatic rings. The summed E-state index contributed by atoms with van der Waals surface area (Å²) in [6, 6.07) is 4.06. The zero-order valence-corrected chi connectivity index (χ0v) is 11.1. The summed E-state index contributed by atoms with van der Waals surface area (Å²) in [5, 5.41) is 27.1. The molecular weight excluding hydrogens is 289 g/mol. The van der Waals surface area contributed by atoms with Gasteiger partial charge in [-0.1, -0.05) is 11.8 Å². The first-order valence-electron chi connectivity index (χ1n) is 5.39. The second kappa shape index (κ2) is 5.78. The van der Waals surface area contributed by atoms with Crippen molar-refractivity contribution < 1.29 is 24.5 Å². The van der Waals surface area contributed by atoms with Gasteiger partial charge in [-0.3, -0.25) is 4.94 Å². The minimum atomic E-state index is -1.02. The summed E-state index contributed by atoms with van der Waals surface area (Å²) >= 11 is 0.948. The number of carbonyl (C=O) groups is 1. The molecule has 0 radical (unpaired) electrons. The van der Waals surface area contributed by atoms with Gasteiger partial charge in [-0.05, 0) is 12.1 Å². The smallest absolute Gasteiger partial charge is 0.359 e. The molecule has 9 heteroatoms. The van der Waals surface area contributed by atoms with Crippen LogP contribution in [-0.2, 0) is 16.8 Å². The average molecular weight is 299 g/mol. The number of thioether (sulfide) groups is 1. The van der Waals surface area contributed by atoms with Gasteiger partial charge in [-0.2, -0.15) is 0 Å². The van der Waals surface area contributed by atoms with Crippen LogP contribution in [0.2, 0.25) is 0 Å². The number of benzene rings is 1. The third-order valence-corrected chi connectivity index (χ3v) is 3.46. The second-order valence-electron chi connectivity index (χ2n) is 3.80. The van der Waals surface area contributed by atoms with E-state index in [9.17, 15) is 19.5 Å². The summed E-state index contributed by atoms with van der Waals surface area (Å²) in [6.45, 7) is 0. The normalized spacial score (nSPS) is 10.5. The van der Waals surface area contributed by atoms with Gasteiger partial charge in [-0.25, -0.2) is 4.79 Å². The highest BCUT2D eigenvalue weighted by atomic mass is 32.2. The number of hydrogen-bond acceptors (Lipinski definition) is 7. The lowest BCUT2D eigenvalue weighted by Gasteiger charge is -2.05. The summed E-state index contributed by atoms with van der Waals surface area (Å²) in [4.78, 5) is 13.8. The van der Waals surface area contributed by atoms with Gasteiger partial charge >= 0.3 is 5.97 Å². The molecule has 2 rings (SSSR count). The Kier molecular flexibility index (Phi) is 4.08. The Hall–Kier alpha value is -2.29. The molecule has 1 aromatic heterocycles. The maximum Gasteiger partial charge on any atom is 0.359 e. The monoisotopic (exact) mass is 299 g/mol. The van der Waals surface area contributed by atoms with Crippen molar-refractivity contribution in [2.75, 3.05) is 5.75 Å². The fraction of sp³-hybridized carbons (Fsp3) is 0.182. The number of aromatic nitrogens is 3. The number of hydrogen-bond donors (Lipinski definition) is 2. The molecule has 1 aromatic carbocycles. The van der Waals surface area contributed by atoms with Crippen molar-refractivity contribution in [1.29, 1.82) is 0 Å². The van der Waals surface area contributed by atoms with E-state index in [0.29, 0.717) is 16.5 Å². The van der Waals surface area contributed by atoms with Crippen LogP contribution in [0, 0.1) is 0 Å². The van der Waals surface area contributed by atoms with Crippen molar-refractivity contribution >= 4 is 17.7 Å². The molecule has 0 spiro atoms. The van der Waals surface area contributed by atoms with Crippen LogP contribution in [-0.4, -0.2) is 36.7 Å². The third kappa shape index (κ3) is 2.82. The first kappa shape index (κ1) is 14.1. The fourth-order valence-electron chi connectivity index (χ4n) is 1.53. The molecule has 106 valence electrons. The zero-order chi connectivity index (χ0) is 14.7. The van der Waals surface area contributed by atoms with Gasteiger partial charge in [-0.15, -0.1) is 10.2 Å². The van der Waals surface area contributed by atoms with E-state index < -0.39 is 5.97 Å². The number of halogens is 1. The van der Waals surface area contributed by atoms with E-state index in [4.69, 9.17) is 0 Å². The first-order valence-corrected chi connectivity index (χ1v) is 6.37. The van der Waals surface area contributed by atoms with Crippen molar-refractivity contribution in [2.45, 2.75) is 5.16 Å². The first-order chi connectivity index (χ1) is 9.52. The van der Waals surface area contributed by atoms with Gasteiger partial charge < -0.3 is 14.8 Å². The largest absolute Gasteiger partial charge is 0.508 e. The van der Waals surface area contributed by atoms with E-state index in [1.807, 2.05) is 0 Å². The molecule has 7 nitrogen and oxygen atoms in total. The lowest BCUT2D eigenvalue weighted by molar-refractivity contribution is -0.179. The van der Waals surface area contributed by atoms with Gasteiger partial charge in [0.15, 0.2) is 11.0 Å². The Morgan fingerprint density at radius 3 is 2.85 bits per heavy atom. The molecule has 1 heterocycles. The Morgan fingerprint density at radius 1 is 1.45 bits per heavy atom. The summed E-state index contributed by atoms with van der Waals surface area (Å²) in [7, 11) is 1.63. The van der Waals surface area contributed by atoms with Gasteiger partial charge in [0.25, 0.3) is 0 Å². The predicted octanol–water partition coefficient (Wildman–Crippen LogP) is 1.41. The second-order valence-corrected chi connectivity index (χ2v) is 4.75. The maximum absolute atomic E-state index is 11.6. The highest BCUT2D eigenvalue weighted by molar-refractivity contribution is 7.99. The Morgan fingerprint density at radius 2 is 2.20 bits per heavy atom. The molecule has 2 aromatic rings. The summed E-state index contributed by atoms with van der Waals surface area (Å²) in [5.41, 5.74) is 0.373. The van der Waals surface area contributed by atoms with Crippen LogP contribution in [0.1, 0.15) is 0 Å². The molecule has 20 heavy (non-hydrogen) atoms. The highest BCUT2D eigenvalue weighted by Crippen LogP contribution is 2.32. The minimum absolute atomic E-state index is 0.0753. The Balaban J connectivity index is 2.26. The topological polar surface area (TPSA) is 97.5 Å². The number of nitrogens with zero attached hydrogens (tertiary/aromatic N) is 3. The van der Waals surface area contributed by atoms with Crippen LogP contribution in [0.25, 0.3) is 11.4 Å². The number of aromatic hydroxyl groups is 2. The third-order valence-electron chi connectivity index (χ3n) is 2.46. The van der Waals surface area contributed by atoms with E-state index in [-0.39, 0.29) is 17.3 Å².